The Morgan fingerprint density at radius 3 is 2.50 bits per heavy atom. The molecule has 1 saturated carbocycles. The molecule has 2 saturated heterocycles. The molecule has 3 aliphatic heterocycles. The lowest BCUT2D eigenvalue weighted by Gasteiger charge is -2.43. The molecule has 0 bridgehead atoms. The minimum Gasteiger partial charge on any atom is -0.490 e. The normalized spacial score (nSPS) is 26.6. The number of nitrogens with zero attached hydrogens (tertiary/aromatic N) is 1. The second kappa shape index (κ2) is 7.69. The summed E-state index contributed by atoms with van der Waals surface area (Å²) in [5, 5.41) is 5.81. The molecule has 3 amide bonds. The third-order valence-corrected chi connectivity index (χ3v) is 7.46. The second-order valence-electron chi connectivity index (χ2n) is 9.29. The Morgan fingerprint density at radius 2 is 1.77 bits per heavy atom. The zero-order valence-corrected chi connectivity index (χ0v) is 17.2. The summed E-state index contributed by atoms with van der Waals surface area (Å²) in [7, 11) is 0. The SMILES string of the molecule is O=C1CCC(N2Cc3cc(OC4CCC5(CCNCC5)CC4)ccc3C2=O)C(=O)N1. The van der Waals surface area contributed by atoms with Crippen LogP contribution in [0.15, 0.2) is 18.2 Å². The number of ether oxygens (including phenoxy) is 1. The molecule has 2 N–H and O–H groups in total. The zero-order chi connectivity index (χ0) is 20.7. The van der Waals surface area contributed by atoms with E-state index in [1.54, 1.807) is 4.90 Å². The first-order valence-electron chi connectivity index (χ1n) is 11.2. The van der Waals surface area contributed by atoms with Crippen LogP contribution in [-0.2, 0) is 16.1 Å². The lowest BCUT2D eigenvalue weighted by molar-refractivity contribution is -0.136. The number of rotatable bonds is 3. The van der Waals surface area contributed by atoms with E-state index in [1.165, 1.54) is 25.7 Å². The van der Waals surface area contributed by atoms with Crippen molar-refractivity contribution in [3.05, 3.63) is 29.3 Å². The van der Waals surface area contributed by atoms with E-state index in [-0.39, 0.29) is 30.2 Å². The average Bonchev–Trinajstić information content (AvgIpc) is 3.06. The average molecular weight is 412 g/mol. The van der Waals surface area contributed by atoms with E-state index in [9.17, 15) is 14.4 Å². The van der Waals surface area contributed by atoms with Crippen LogP contribution in [0.4, 0.5) is 0 Å². The smallest absolute Gasteiger partial charge is 0.255 e. The van der Waals surface area contributed by atoms with E-state index in [2.05, 4.69) is 10.6 Å². The van der Waals surface area contributed by atoms with E-state index in [0.717, 1.165) is 37.2 Å². The van der Waals surface area contributed by atoms with Crippen molar-refractivity contribution >= 4 is 17.7 Å². The van der Waals surface area contributed by atoms with Crippen molar-refractivity contribution in [1.82, 2.24) is 15.5 Å². The molecule has 1 aliphatic carbocycles. The van der Waals surface area contributed by atoms with Crippen LogP contribution in [0.3, 0.4) is 0 Å². The number of carbonyl (C=O) groups is 3. The fourth-order valence-corrected chi connectivity index (χ4v) is 5.60. The van der Waals surface area contributed by atoms with Gasteiger partial charge in [-0.3, -0.25) is 19.7 Å². The molecule has 3 fully saturated rings. The molecule has 1 atom stereocenters. The van der Waals surface area contributed by atoms with Gasteiger partial charge in [-0.1, -0.05) is 0 Å². The Balaban J connectivity index is 1.23. The molecule has 7 nitrogen and oxygen atoms in total. The molecule has 4 aliphatic rings. The van der Waals surface area contributed by atoms with Crippen LogP contribution in [0.2, 0.25) is 0 Å². The lowest BCUT2D eigenvalue weighted by atomic mass is 9.68. The van der Waals surface area contributed by atoms with Crippen LogP contribution in [0.1, 0.15) is 67.3 Å². The highest BCUT2D eigenvalue weighted by molar-refractivity contribution is 6.05. The Labute approximate surface area is 176 Å². The van der Waals surface area contributed by atoms with Crippen molar-refractivity contribution in [3.63, 3.8) is 0 Å². The van der Waals surface area contributed by atoms with Gasteiger partial charge < -0.3 is 15.0 Å². The highest BCUT2D eigenvalue weighted by Gasteiger charge is 2.40. The molecule has 160 valence electrons. The summed E-state index contributed by atoms with van der Waals surface area (Å²) in [6.45, 7) is 2.65. The summed E-state index contributed by atoms with van der Waals surface area (Å²) in [6.07, 6.45) is 8.05. The first-order chi connectivity index (χ1) is 14.5. The van der Waals surface area contributed by atoms with Gasteiger partial charge in [0.25, 0.3) is 5.91 Å². The number of amides is 3. The monoisotopic (exact) mass is 411 g/mol. The molecule has 1 aromatic carbocycles. The zero-order valence-electron chi connectivity index (χ0n) is 17.2. The van der Waals surface area contributed by atoms with E-state index in [4.69, 9.17) is 4.74 Å². The summed E-state index contributed by atoms with van der Waals surface area (Å²) >= 11 is 0. The van der Waals surface area contributed by atoms with Crippen molar-refractivity contribution in [2.24, 2.45) is 5.41 Å². The predicted octanol–water partition coefficient (Wildman–Crippen LogP) is 2.14. The van der Waals surface area contributed by atoms with Gasteiger partial charge in [-0.2, -0.15) is 0 Å². The number of piperidine rings is 2. The standard InChI is InChI=1S/C23H29N3O4/c27-20-4-3-19(21(28)25-20)26-14-15-13-17(1-2-18(15)22(26)29)30-16-5-7-23(8-6-16)9-11-24-12-10-23/h1-2,13,16,19,24H,3-12,14H2,(H,25,27,28). The number of imide groups is 1. The van der Waals surface area contributed by atoms with E-state index in [0.29, 0.717) is 23.9 Å². The fourth-order valence-electron chi connectivity index (χ4n) is 5.60. The third-order valence-electron chi connectivity index (χ3n) is 7.46. The summed E-state index contributed by atoms with van der Waals surface area (Å²) in [5.74, 6) is 0.0160. The number of fused-ring (bicyclic) bond motifs is 1. The summed E-state index contributed by atoms with van der Waals surface area (Å²) in [5.41, 5.74) is 2.04. The van der Waals surface area contributed by atoms with Gasteiger partial charge in [-0.25, -0.2) is 0 Å². The Morgan fingerprint density at radius 1 is 1.00 bits per heavy atom. The second-order valence-corrected chi connectivity index (χ2v) is 9.29. The maximum Gasteiger partial charge on any atom is 0.255 e. The minimum atomic E-state index is -0.577. The van der Waals surface area contributed by atoms with E-state index in [1.807, 2.05) is 18.2 Å². The topological polar surface area (TPSA) is 87.7 Å². The molecule has 7 heteroatoms. The third kappa shape index (κ3) is 3.60. The van der Waals surface area contributed by atoms with E-state index < -0.39 is 6.04 Å². The van der Waals surface area contributed by atoms with Crippen LogP contribution in [0.25, 0.3) is 0 Å². The Bertz CT molecular complexity index is 867. The fraction of sp³-hybridized carbons (Fsp3) is 0.609. The van der Waals surface area contributed by atoms with Gasteiger partial charge in [-0.05, 0) is 87.2 Å². The largest absolute Gasteiger partial charge is 0.490 e. The minimum absolute atomic E-state index is 0.142. The maximum absolute atomic E-state index is 12.8. The summed E-state index contributed by atoms with van der Waals surface area (Å²) in [6, 6.07) is 5.07. The van der Waals surface area contributed by atoms with Crippen LogP contribution in [-0.4, -0.2) is 47.9 Å². The van der Waals surface area contributed by atoms with Crippen molar-refractivity contribution in [2.45, 2.75) is 70.1 Å². The van der Waals surface area contributed by atoms with Gasteiger partial charge in [0.05, 0.1) is 6.10 Å². The van der Waals surface area contributed by atoms with Crippen LogP contribution < -0.4 is 15.4 Å². The van der Waals surface area contributed by atoms with E-state index >= 15 is 0 Å². The van der Waals surface area contributed by atoms with Gasteiger partial charge >= 0.3 is 0 Å². The molecule has 0 aromatic heterocycles. The van der Waals surface area contributed by atoms with Crippen molar-refractivity contribution < 1.29 is 19.1 Å². The van der Waals surface area contributed by atoms with Gasteiger partial charge in [-0.15, -0.1) is 0 Å². The van der Waals surface area contributed by atoms with Gasteiger partial charge in [0.2, 0.25) is 11.8 Å². The number of hydrogen-bond donors (Lipinski definition) is 2. The van der Waals surface area contributed by atoms with Crippen molar-refractivity contribution in [2.75, 3.05) is 13.1 Å². The van der Waals surface area contributed by atoms with Crippen LogP contribution in [0.5, 0.6) is 5.75 Å². The maximum atomic E-state index is 12.8. The van der Waals surface area contributed by atoms with Crippen molar-refractivity contribution in [1.29, 1.82) is 0 Å². The summed E-state index contributed by atoms with van der Waals surface area (Å²) < 4.78 is 6.30. The number of nitrogens with one attached hydrogen (secondary N) is 2. The predicted molar refractivity (Wildman–Crippen MR) is 110 cm³/mol. The molecule has 0 radical (unpaired) electrons. The quantitative estimate of drug-likeness (QED) is 0.744. The lowest BCUT2D eigenvalue weighted by Crippen LogP contribution is -2.52. The van der Waals surface area contributed by atoms with Crippen LogP contribution >= 0.6 is 0 Å². The first-order valence-corrected chi connectivity index (χ1v) is 11.2. The number of carbonyl (C=O) groups excluding carboxylic acids is 3. The molecular weight excluding hydrogens is 382 g/mol. The van der Waals surface area contributed by atoms with Gasteiger partial charge in [0.15, 0.2) is 0 Å². The Kier molecular flexibility index (Phi) is 5.01. The molecular formula is C23H29N3O4. The number of benzene rings is 1. The highest BCUT2D eigenvalue weighted by Crippen LogP contribution is 2.44. The molecule has 5 rings (SSSR count). The number of hydrogen-bond acceptors (Lipinski definition) is 5. The van der Waals surface area contributed by atoms with Gasteiger partial charge in [0, 0.05) is 18.5 Å². The first kappa shape index (κ1) is 19.5. The highest BCUT2D eigenvalue weighted by atomic mass is 16.5. The summed E-state index contributed by atoms with van der Waals surface area (Å²) in [4.78, 5) is 38.0. The molecule has 30 heavy (non-hydrogen) atoms. The van der Waals surface area contributed by atoms with Crippen LogP contribution in [0, 0.1) is 5.41 Å². The molecule has 3 heterocycles. The molecule has 1 aromatic rings. The molecule has 1 unspecified atom stereocenters. The Hall–Kier alpha value is -2.41. The molecule has 1 spiro atoms. The van der Waals surface area contributed by atoms with Crippen molar-refractivity contribution in [3.8, 4) is 5.75 Å². The van der Waals surface area contributed by atoms with Gasteiger partial charge in [0.1, 0.15) is 11.8 Å².